The molecule has 0 fully saturated rings. The van der Waals surface area contributed by atoms with Crippen molar-refractivity contribution in [3.63, 3.8) is 0 Å². The molecule has 176 valence electrons. The van der Waals surface area contributed by atoms with Crippen LogP contribution in [0.5, 0.6) is 5.75 Å². The summed E-state index contributed by atoms with van der Waals surface area (Å²) in [4.78, 5) is 46.5. The molecule has 0 aliphatic carbocycles. The Morgan fingerprint density at radius 2 is 2.00 bits per heavy atom. The molecule has 1 amide bonds. The lowest BCUT2D eigenvalue weighted by Crippen LogP contribution is -2.39. The second-order valence-corrected chi connectivity index (χ2v) is 10.2. The quantitative estimate of drug-likeness (QED) is 0.250. The van der Waals surface area contributed by atoms with Gasteiger partial charge < -0.3 is 9.64 Å². The summed E-state index contributed by atoms with van der Waals surface area (Å²) in [5, 5.41) is 0.506. The van der Waals surface area contributed by atoms with Gasteiger partial charge in [-0.05, 0) is 42.8 Å². The van der Waals surface area contributed by atoms with Crippen LogP contribution in [0, 0.1) is 6.92 Å². The van der Waals surface area contributed by atoms with Crippen molar-refractivity contribution < 1.29 is 14.3 Å². The van der Waals surface area contributed by atoms with Crippen molar-refractivity contribution in [2.24, 2.45) is 0 Å². The number of fused-ring (bicyclic) bond motifs is 2. The number of hydrogen-bond acceptors (Lipinski definition) is 6. The van der Waals surface area contributed by atoms with E-state index in [4.69, 9.17) is 4.74 Å². The SMILES string of the molecule is C=CCN1C(=O)COc2ccc(C(=O)Cn3cnc4sc(C)c(-c5ccc(Br)cc5)c4c3=O)cc21. The van der Waals surface area contributed by atoms with Gasteiger partial charge in [0.15, 0.2) is 12.4 Å². The Labute approximate surface area is 213 Å². The van der Waals surface area contributed by atoms with Crippen LogP contribution in [0.3, 0.4) is 0 Å². The smallest absolute Gasteiger partial charge is 0.265 e. The number of Topliss-reactive ketones (excluding diaryl/α,β-unsaturated/α-hetero) is 1. The lowest BCUT2D eigenvalue weighted by Gasteiger charge is -2.28. The summed E-state index contributed by atoms with van der Waals surface area (Å²) in [5.41, 5.74) is 2.37. The van der Waals surface area contributed by atoms with Crippen LogP contribution in [0.15, 0.2) is 70.7 Å². The van der Waals surface area contributed by atoms with E-state index in [1.165, 1.54) is 27.1 Å². The summed E-state index contributed by atoms with van der Waals surface area (Å²) in [7, 11) is 0. The lowest BCUT2D eigenvalue weighted by atomic mass is 10.0. The van der Waals surface area contributed by atoms with Crippen molar-refractivity contribution in [3.8, 4) is 16.9 Å². The van der Waals surface area contributed by atoms with Crippen LogP contribution in [0.2, 0.25) is 0 Å². The number of thiophene rings is 1. The molecule has 1 aliphatic rings. The summed E-state index contributed by atoms with van der Waals surface area (Å²) in [6.07, 6.45) is 3.03. The molecule has 0 spiro atoms. The highest BCUT2D eigenvalue weighted by atomic mass is 79.9. The van der Waals surface area contributed by atoms with Crippen LogP contribution < -0.4 is 15.2 Å². The minimum absolute atomic E-state index is 0.0596. The summed E-state index contributed by atoms with van der Waals surface area (Å²) in [6, 6.07) is 12.7. The number of ether oxygens (including phenoxy) is 1. The van der Waals surface area contributed by atoms with Crippen LogP contribution in [0.4, 0.5) is 5.69 Å². The Bertz CT molecular complexity index is 1560. The Kier molecular flexibility index (Phi) is 6.12. The average molecular weight is 550 g/mol. The standard InChI is InChI=1S/C26H20BrN3O4S/c1-3-10-30-19-11-17(6-9-21(19)34-13-22(30)32)20(31)12-29-14-28-25-24(26(29)33)23(15(2)35-25)16-4-7-18(27)8-5-16/h3-9,11,14H,1,10,12-13H2,2H3. The molecule has 0 N–H and O–H groups in total. The van der Waals surface area contributed by atoms with E-state index >= 15 is 0 Å². The molecule has 9 heteroatoms. The van der Waals surface area contributed by atoms with Gasteiger partial charge >= 0.3 is 0 Å². The van der Waals surface area contributed by atoms with Gasteiger partial charge in [-0.2, -0.15) is 0 Å². The number of benzene rings is 2. The summed E-state index contributed by atoms with van der Waals surface area (Å²) < 4.78 is 7.78. The average Bonchev–Trinajstić information content (AvgIpc) is 3.19. The van der Waals surface area contributed by atoms with E-state index in [-0.39, 0.29) is 30.4 Å². The summed E-state index contributed by atoms with van der Waals surface area (Å²) in [5.74, 6) is 0.0436. The number of halogens is 1. The minimum atomic E-state index is -0.273. The number of aromatic nitrogens is 2. The molecule has 0 bridgehead atoms. The zero-order valence-corrected chi connectivity index (χ0v) is 21.2. The fourth-order valence-electron chi connectivity index (χ4n) is 4.17. The highest BCUT2D eigenvalue weighted by molar-refractivity contribution is 9.10. The number of ketones is 1. The van der Waals surface area contributed by atoms with Gasteiger partial charge in [0, 0.05) is 27.0 Å². The number of carbonyl (C=O) groups is 2. The Hall–Kier alpha value is -3.56. The molecule has 4 aromatic rings. The zero-order chi connectivity index (χ0) is 24.7. The number of amides is 1. The number of aryl methyl sites for hydroxylation is 1. The molecule has 3 heterocycles. The second kappa shape index (κ2) is 9.24. The first-order chi connectivity index (χ1) is 16.9. The Balaban J connectivity index is 1.51. The Morgan fingerprint density at radius 3 is 2.74 bits per heavy atom. The normalized spacial score (nSPS) is 13.0. The number of hydrogen-bond donors (Lipinski definition) is 0. The molecule has 0 radical (unpaired) electrons. The van der Waals surface area contributed by atoms with Crippen molar-refractivity contribution in [2.75, 3.05) is 18.1 Å². The molecule has 7 nitrogen and oxygen atoms in total. The fourth-order valence-corrected chi connectivity index (χ4v) is 5.43. The molecule has 2 aromatic heterocycles. The first-order valence-corrected chi connectivity index (χ1v) is 12.4. The predicted octanol–water partition coefficient (Wildman–Crippen LogP) is 4.99. The summed E-state index contributed by atoms with van der Waals surface area (Å²) in [6.45, 7) is 5.73. The van der Waals surface area contributed by atoms with Crippen molar-refractivity contribution >= 4 is 54.9 Å². The topological polar surface area (TPSA) is 81.5 Å². The monoisotopic (exact) mass is 549 g/mol. The second-order valence-electron chi connectivity index (χ2n) is 8.09. The molecule has 1 aliphatic heterocycles. The number of rotatable bonds is 6. The van der Waals surface area contributed by atoms with E-state index in [1.807, 2.05) is 31.2 Å². The molecular formula is C26H20BrN3O4S. The maximum Gasteiger partial charge on any atom is 0.265 e. The maximum absolute atomic E-state index is 13.5. The molecule has 0 saturated carbocycles. The molecule has 0 atom stereocenters. The highest BCUT2D eigenvalue weighted by Gasteiger charge is 2.26. The van der Waals surface area contributed by atoms with Crippen molar-refractivity contribution in [3.05, 3.63) is 86.7 Å². The van der Waals surface area contributed by atoms with Gasteiger partial charge in [0.1, 0.15) is 10.6 Å². The predicted molar refractivity (Wildman–Crippen MR) is 141 cm³/mol. The zero-order valence-electron chi connectivity index (χ0n) is 18.8. The van der Waals surface area contributed by atoms with E-state index in [2.05, 4.69) is 27.5 Å². The van der Waals surface area contributed by atoms with Crippen LogP contribution in [0.1, 0.15) is 15.2 Å². The van der Waals surface area contributed by atoms with E-state index in [9.17, 15) is 14.4 Å². The van der Waals surface area contributed by atoms with Gasteiger partial charge in [-0.1, -0.05) is 34.1 Å². The molecule has 5 rings (SSSR count). The molecule has 0 unspecified atom stereocenters. The fraction of sp³-hybridized carbons (Fsp3) is 0.154. The third-order valence-electron chi connectivity index (χ3n) is 5.84. The van der Waals surface area contributed by atoms with Gasteiger partial charge in [0.25, 0.3) is 11.5 Å². The van der Waals surface area contributed by atoms with Crippen LogP contribution in [-0.4, -0.2) is 34.4 Å². The van der Waals surface area contributed by atoms with Gasteiger partial charge in [0.2, 0.25) is 0 Å². The summed E-state index contributed by atoms with van der Waals surface area (Å²) >= 11 is 4.90. The maximum atomic E-state index is 13.5. The van der Waals surface area contributed by atoms with E-state index in [1.54, 1.807) is 24.3 Å². The first kappa shape index (κ1) is 23.2. The third kappa shape index (κ3) is 4.21. The largest absolute Gasteiger partial charge is 0.482 e. The number of nitrogens with zero attached hydrogens (tertiary/aromatic N) is 3. The molecule has 2 aromatic carbocycles. The Morgan fingerprint density at radius 1 is 1.23 bits per heavy atom. The van der Waals surface area contributed by atoms with E-state index < -0.39 is 0 Å². The van der Waals surface area contributed by atoms with Crippen LogP contribution in [-0.2, 0) is 11.3 Å². The minimum Gasteiger partial charge on any atom is -0.482 e. The third-order valence-corrected chi connectivity index (χ3v) is 7.38. The molecule has 0 saturated heterocycles. The van der Waals surface area contributed by atoms with Crippen LogP contribution in [0.25, 0.3) is 21.3 Å². The lowest BCUT2D eigenvalue weighted by molar-refractivity contribution is -0.121. The van der Waals surface area contributed by atoms with E-state index in [0.29, 0.717) is 33.8 Å². The van der Waals surface area contributed by atoms with Gasteiger partial charge in [0.05, 0.1) is 23.9 Å². The van der Waals surface area contributed by atoms with Crippen molar-refractivity contribution in [1.29, 1.82) is 0 Å². The highest BCUT2D eigenvalue weighted by Crippen LogP contribution is 2.36. The van der Waals surface area contributed by atoms with Gasteiger partial charge in [-0.25, -0.2) is 4.98 Å². The van der Waals surface area contributed by atoms with Crippen molar-refractivity contribution in [1.82, 2.24) is 9.55 Å². The van der Waals surface area contributed by atoms with Gasteiger partial charge in [-0.15, -0.1) is 17.9 Å². The molecular weight excluding hydrogens is 530 g/mol. The molecule has 35 heavy (non-hydrogen) atoms. The number of carbonyl (C=O) groups excluding carboxylic acids is 2. The van der Waals surface area contributed by atoms with E-state index in [0.717, 1.165) is 20.5 Å². The van der Waals surface area contributed by atoms with Gasteiger partial charge in [-0.3, -0.25) is 19.0 Å². The number of anilines is 1. The van der Waals surface area contributed by atoms with Crippen molar-refractivity contribution in [2.45, 2.75) is 13.5 Å². The van der Waals surface area contributed by atoms with Crippen LogP contribution >= 0.6 is 27.3 Å². The first-order valence-electron chi connectivity index (χ1n) is 10.8.